The lowest BCUT2D eigenvalue weighted by atomic mass is 10.0. The van der Waals surface area contributed by atoms with E-state index in [2.05, 4.69) is 10.1 Å². The molecule has 146 valence electrons. The van der Waals surface area contributed by atoms with Crippen molar-refractivity contribution >= 4 is 23.2 Å². The second-order valence-electron chi connectivity index (χ2n) is 6.23. The summed E-state index contributed by atoms with van der Waals surface area (Å²) in [6.45, 7) is 1.39. The molecule has 2 N–H and O–H groups in total. The number of nitrogens with zero attached hydrogens (tertiary/aromatic N) is 4. The quantitative estimate of drug-likeness (QED) is 0.801. The highest BCUT2D eigenvalue weighted by atomic mass is 32.1. The van der Waals surface area contributed by atoms with Crippen LogP contribution in [0.25, 0.3) is 5.13 Å². The summed E-state index contributed by atoms with van der Waals surface area (Å²) in [6, 6.07) is 0.885. The van der Waals surface area contributed by atoms with Gasteiger partial charge in [-0.3, -0.25) is 9.59 Å². The summed E-state index contributed by atoms with van der Waals surface area (Å²) in [4.78, 5) is 28.5. The molecule has 2 aromatic rings. The monoisotopic (exact) mass is 404 g/mol. The average molecular weight is 404 g/mol. The molecule has 27 heavy (non-hydrogen) atoms. The van der Waals surface area contributed by atoms with E-state index >= 15 is 0 Å². The van der Waals surface area contributed by atoms with Crippen LogP contribution in [0.1, 0.15) is 28.3 Å². The van der Waals surface area contributed by atoms with Crippen molar-refractivity contribution in [1.82, 2.24) is 19.7 Å². The highest BCUT2D eigenvalue weighted by Crippen LogP contribution is 2.32. The number of aryl methyl sites for hydroxylation is 1. The number of thiazole rings is 1. The smallest absolute Gasteiger partial charge is 0.433 e. The molecule has 12 heteroatoms. The van der Waals surface area contributed by atoms with Crippen molar-refractivity contribution in [2.75, 3.05) is 13.1 Å². The number of carboxylic acid groups (broad SMARTS) is 1. The summed E-state index contributed by atoms with van der Waals surface area (Å²) in [5, 5.41) is 23.7. The highest BCUT2D eigenvalue weighted by molar-refractivity contribution is 7.12. The average Bonchev–Trinajstić information content (AvgIpc) is 3.24. The number of amides is 1. The molecule has 1 aliphatic rings. The molecule has 0 saturated carbocycles. The van der Waals surface area contributed by atoms with Crippen LogP contribution in [0, 0.1) is 12.8 Å². The van der Waals surface area contributed by atoms with Crippen molar-refractivity contribution in [3.05, 3.63) is 28.5 Å². The molecular formula is C15H15F3N4O4S. The fraction of sp³-hybridized carbons (Fsp3) is 0.467. The van der Waals surface area contributed by atoms with Crippen molar-refractivity contribution < 1.29 is 33.0 Å². The lowest BCUT2D eigenvalue weighted by Crippen LogP contribution is -2.30. The van der Waals surface area contributed by atoms with Gasteiger partial charge >= 0.3 is 12.1 Å². The van der Waals surface area contributed by atoms with Gasteiger partial charge in [-0.1, -0.05) is 0 Å². The fourth-order valence-corrected chi connectivity index (χ4v) is 3.67. The number of carboxylic acids is 1. The first-order valence-corrected chi connectivity index (χ1v) is 8.73. The molecule has 0 radical (unpaired) electrons. The second-order valence-corrected chi connectivity index (χ2v) is 7.07. The number of carbonyl (C=O) groups is 2. The third kappa shape index (κ3) is 3.95. The molecule has 8 nitrogen and oxygen atoms in total. The Morgan fingerprint density at radius 1 is 1.37 bits per heavy atom. The van der Waals surface area contributed by atoms with Crippen LogP contribution < -0.4 is 0 Å². The van der Waals surface area contributed by atoms with Crippen LogP contribution in [0.3, 0.4) is 0 Å². The first kappa shape index (κ1) is 19.3. The Kier molecular flexibility index (Phi) is 4.95. The minimum absolute atomic E-state index is 0.0356. The van der Waals surface area contributed by atoms with E-state index in [9.17, 15) is 27.9 Å². The molecule has 2 aromatic heterocycles. The van der Waals surface area contributed by atoms with Crippen LogP contribution >= 0.6 is 11.3 Å². The minimum Gasteiger partial charge on any atom is -0.481 e. The molecule has 1 saturated heterocycles. The van der Waals surface area contributed by atoms with Gasteiger partial charge in [-0.25, -0.2) is 9.67 Å². The maximum atomic E-state index is 13.1. The number of rotatable bonds is 4. The molecule has 3 rings (SSSR count). The summed E-state index contributed by atoms with van der Waals surface area (Å²) < 4.78 is 40.0. The van der Waals surface area contributed by atoms with Gasteiger partial charge in [0.1, 0.15) is 5.69 Å². The van der Waals surface area contributed by atoms with Gasteiger partial charge in [0.15, 0.2) is 5.69 Å². The zero-order chi connectivity index (χ0) is 19.9. The van der Waals surface area contributed by atoms with Gasteiger partial charge in [-0.2, -0.15) is 18.3 Å². The van der Waals surface area contributed by atoms with E-state index in [4.69, 9.17) is 5.11 Å². The van der Waals surface area contributed by atoms with Gasteiger partial charge in [0, 0.05) is 24.4 Å². The van der Waals surface area contributed by atoms with E-state index in [-0.39, 0.29) is 36.0 Å². The topological polar surface area (TPSA) is 109 Å². The molecule has 0 aromatic carbocycles. The maximum absolute atomic E-state index is 13.1. The van der Waals surface area contributed by atoms with Gasteiger partial charge in [-0.05, 0) is 13.0 Å². The number of hydrogen-bond acceptors (Lipinski definition) is 6. The number of aliphatic hydroxyl groups is 1. The molecule has 0 bridgehead atoms. The molecular weight excluding hydrogens is 389 g/mol. The normalized spacial score (nSPS) is 20.3. The lowest BCUT2D eigenvalue weighted by Gasteiger charge is -2.14. The summed E-state index contributed by atoms with van der Waals surface area (Å²) in [7, 11) is 0. The Balaban J connectivity index is 1.81. The molecule has 0 spiro atoms. The second kappa shape index (κ2) is 6.93. The fourth-order valence-electron chi connectivity index (χ4n) is 2.91. The van der Waals surface area contributed by atoms with Gasteiger partial charge in [0.25, 0.3) is 5.91 Å². The van der Waals surface area contributed by atoms with Crippen molar-refractivity contribution in [3.8, 4) is 5.13 Å². The van der Waals surface area contributed by atoms with E-state index in [1.807, 2.05) is 0 Å². The summed E-state index contributed by atoms with van der Waals surface area (Å²) >= 11 is 0.831. The predicted octanol–water partition coefficient (Wildman–Crippen LogP) is 1.56. The van der Waals surface area contributed by atoms with Crippen LogP contribution in [0.5, 0.6) is 0 Å². The van der Waals surface area contributed by atoms with E-state index in [1.54, 1.807) is 0 Å². The Morgan fingerprint density at radius 2 is 2.07 bits per heavy atom. The van der Waals surface area contributed by atoms with Crippen molar-refractivity contribution in [2.24, 2.45) is 5.92 Å². The molecule has 1 aliphatic heterocycles. The third-order valence-corrected chi connectivity index (χ3v) is 4.96. The Bertz CT molecular complexity index is 879. The number of aromatic nitrogens is 3. The molecule has 1 amide bonds. The van der Waals surface area contributed by atoms with Crippen LogP contribution in [0.15, 0.2) is 11.4 Å². The number of alkyl halides is 3. The van der Waals surface area contributed by atoms with E-state index in [1.165, 1.54) is 17.2 Å². The Labute approximate surface area is 154 Å². The van der Waals surface area contributed by atoms with Crippen LogP contribution in [-0.2, 0) is 11.0 Å². The number of hydrogen-bond donors (Lipinski definition) is 2. The standard InChI is InChI=1S/C15H15F3N4O4S/c1-7-2-11(15(16,17)18)22(20-7)14-19-9(6-27-14)13(26)21-4-8(3-12(24)25)10(23)5-21/h2,6,8,10,23H,3-5H2,1H3,(H,24,25)/t8-,10-/m1/s1. The predicted molar refractivity (Wildman–Crippen MR) is 86.6 cm³/mol. The molecule has 1 fully saturated rings. The molecule has 0 unspecified atom stereocenters. The van der Waals surface area contributed by atoms with Crippen LogP contribution in [-0.4, -0.2) is 60.9 Å². The van der Waals surface area contributed by atoms with Crippen molar-refractivity contribution in [1.29, 1.82) is 0 Å². The first-order chi connectivity index (χ1) is 12.6. The first-order valence-electron chi connectivity index (χ1n) is 7.85. The SMILES string of the molecule is Cc1cc(C(F)(F)F)n(-c2nc(C(=O)N3C[C@@H](CC(=O)O)[C@H](O)C3)cs2)n1. The molecule has 2 atom stereocenters. The van der Waals surface area contributed by atoms with Gasteiger partial charge < -0.3 is 15.1 Å². The molecule has 0 aliphatic carbocycles. The number of β-amino-alcohol motifs (C(OH)–C–C–N with tert-alkyl or cyclic N) is 1. The zero-order valence-corrected chi connectivity index (χ0v) is 14.8. The van der Waals surface area contributed by atoms with Crippen LogP contribution in [0.4, 0.5) is 13.2 Å². The number of aliphatic carboxylic acids is 1. The Hall–Kier alpha value is -2.47. The number of aliphatic hydroxyl groups excluding tert-OH is 1. The summed E-state index contributed by atoms with van der Waals surface area (Å²) in [5.74, 6) is -2.27. The number of halogens is 3. The lowest BCUT2D eigenvalue weighted by molar-refractivity contribution is -0.143. The van der Waals surface area contributed by atoms with Crippen LogP contribution in [0.2, 0.25) is 0 Å². The van der Waals surface area contributed by atoms with Crippen molar-refractivity contribution in [2.45, 2.75) is 25.6 Å². The minimum atomic E-state index is -4.62. The number of likely N-dealkylation sites (tertiary alicyclic amines) is 1. The summed E-state index contributed by atoms with van der Waals surface area (Å²) in [6.07, 6.45) is -5.89. The van der Waals surface area contributed by atoms with Gasteiger partial charge in [0.05, 0.1) is 18.2 Å². The van der Waals surface area contributed by atoms with E-state index < -0.39 is 35.8 Å². The van der Waals surface area contributed by atoms with E-state index in [0.29, 0.717) is 4.68 Å². The highest BCUT2D eigenvalue weighted by Gasteiger charge is 2.38. The third-order valence-electron chi connectivity index (χ3n) is 4.14. The summed E-state index contributed by atoms with van der Waals surface area (Å²) in [5.41, 5.74) is -0.921. The van der Waals surface area contributed by atoms with Crippen molar-refractivity contribution in [3.63, 3.8) is 0 Å². The largest absolute Gasteiger partial charge is 0.481 e. The number of carbonyl (C=O) groups excluding carboxylic acids is 1. The Morgan fingerprint density at radius 3 is 2.70 bits per heavy atom. The molecule has 3 heterocycles. The zero-order valence-electron chi connectivity index (χ0n) is 14.0. The van der Waals surface area contributed by atoms with E-state index in [0.717, 1.165) is 17.4 Å². The van der Waals surface area contributed by atoms with Gasteiger partial charge in [-0.15, -0.1) is 11.3 Å². The maximum Gasteiger partial charge on any atom is 0.433 e. The van der Waals surface area contributed by atoms with Gasteiger partial charge in [0.2, 0.25) is 5.13 Å².